The predicted octanol–water partition coefficient (Wildman–Crippen LogP) is 9.14. The summed E-state index contributed by atoms with van der Waals surface area (Å²) >= 11 is 0. The molecule has 5 aromatic carbocycles. The topological polar surface area (TPSA) is 17.3 Å². The lowest BCUT2D eigenvalue weighted by Crippen LogP contribution is -1.92. The van der Waals surface area contributed by atoms with Crippen LogP contribution in [0.5, 0.6) is 0 Å². The van der Waals surface area contributed by atoms with Crippen molar-refractivity contribution >= 4 is 38.1 Å². The Morgan fingerprint density at radius 1 is 0.500 bits per heavy atom. The van der Waals surface area contributed by atoms with E-state index in [0.717, 1.165) is 12.1 Å². The van der Waals surface area contributed by atoms with Crippen molar-refractivity contribution < 1.29 is 0 Å². The van der Waals surface area contributed by atoms with Crippen LogP contribution in [0.15, 0.2) is 121 Å². The maximum atomic E-state index is 4.82. The molecule has 1 aliphatic carbocycles. The van der Waals surface area contributed by atoms with E-state index in [4.69, 9.17) is 4.98 Å². The first-order valence-corrected chi connectivity index (χ1v) is 13.2. The molecule has 0 saturated carbocycles. The maximum absolute atomic E-state index is 4.82. The molecule has 0 saturated heterocycles. The van der Waals surface area contributed by atoms with E-state index in [0.29, 0.717) is 0 Å². The van der Waals surface area contributed by atoms with Crippen LogP contribution in [0.25, 0.3) is 71.6 Å². The van der Waals surface area contributed by atoms with Crippen LogP contribution in [0, 0.1) is 0 Å². The monoisotopic (exact) mass is 482 g/mol. The Morgan fingerprint density at radius 2 is 1.21 bits per heavy atom. The first kappa shape index (κ1) is 20.1. The fraction of sp³-hybridized carbons (Fsp3) is 0.0278. The number of rotatable bonds is 2. The second kappa shape index (κ2) is 7.30. The minimum Gasteiger partial charge on any atom is -0.308 e. The summed E-state index contributed by atoms with van der Waals surface area (Å²) in [5.41, 5.74) is 14.1. The average Bonchev–Trinajstić information content (AvgIpc) is 3.64. The van der Waals surface area contributed by atoms with Gasteiger partial charge in [0, 0.05) is 39.7 Å². The largest absolute Gasteiger partial charge is 0.308 e. The number of aromatic nitrogens is 2. The molecule has 8 aromatic rings. The maximum Gasteiger partial charge on any atom is 0.0743 e. The Kier molecular flexibility index (Phi) is 3.87. The van der Waals surface area contributed by atoms with E-state index in [2.05, 4.69) is 120 Å². The van der Waals surface area contributed by atoms with Crippen LogP contribution in [-0.4, -0.2) is 9.38 Å². The number of hydrogen-bond acceptors (Lipinski definition) is 1. The van der Waals surface area contributed by atoms with Crippen LogP contribution in [0.3, 0.4) is 0 Å². The summed E-state index contributed by atoms with van der Waals surface area (Å²) in [5, 5.41) is 5.28. The fourth-order valence-electron chi connectivity index (χ4n) is 6.84. The highest BCUT2D eigenvalue weighted by Crippen LogP contribution is 2.45. The van der Waals surface area contributed by atoms with Gasteiger partial charge in [-0.05, 0) is 51.6 Å². The van der Waals surface area contributed by atoms with E-state index < -0.39 is 0 Å². The van der Waals surface area contributed by atoms with Crippen LogP contribution in [0.1, 0.15) is 11.1 Å². The van der Waals surface area contributed by atoms with Crippen LogP contribution in [0.2, 0.25) is 0 Å². The van der Waals surface area contributed by atoms with E-state index >= 15 is 0 Å². The van der Waals surface area contributed by atoms with Gasteiger partial charge in [-0.3, -0.25) is 4.98 Å². The Morgan fingerprint density at radius 3 is 2.11 bits per heavy atom. The Balaban J connectivity index is 1.28. The van der Waals surface area contributed by atoms with E-state index in [1.54, 1.807) is 0 Å². The van der Waals surface area contributed by atoms with Crippen LogP contribution in [0.4, 0.5) is 0 Å². The summed E-state index contributed by atoms with van der Waals surface area (Å²) < 4.78 is 2.47. The summed E-state index contributed by atoms with van der Waals surface area (Å²) in [6.07, 6.45) is 2.85. The second-order valence-corrected chi connectivity index (χ2v) is 10.3. The molecule has 0 atom stereocenters. The number of para-hydroxylation sites is 2. The molecular formula is C36H22N2. The van der Waals surface area contributed by atoms with Gasteiger partial charge in [0.05, 0.1) is 22.2 Å². The van der Waals surface area contributed by atoms with Crippen LogP contribution < -0.4 is 0 Å². The zero-order valence-corrected chi connectivity index (χ0v) is 20.6. The van der Waals surface area contributed by atoms with Gasteiger partial charge in [0.1, 0.15) is 0 Å². The third kappa shape index (κ3) is 2.54. The Labute approximate surface area is 219 Å². The second-order valence-electron chi connectivity index (χ2n) is 10.3. The summed E-state index contributed by atoms with van der Waals surface area (Å²) in [6.45, 7) is 0. The lowest BCUT2D eigenvalue weighted by atomic mass is 9.95. The number of hydrogen-bond donors (Lipinski definition) is 0. The SMILES string of the molecule is c1ccc(-c2nccc3c2Cc2c(-c4ccc5c6cccc7c8ccccc8n(c5c4)c76)cccc2-3)cc1. The standard InChI is InChI=1S/C36H22N2/c1-2-8-22(9-3-1)35-32-21-31-24(11-6-12-25(31)26(32)18-19-37-35)23-16-17-28-30-14-7-13-29-27-10-4-5-15-33(27)38(36(29)30)34(28)20-23/h1-20H,21H2. The normalized spacial score (nSPS) is 12.6. The number of benzene rings is 5. The van der Waals surface area contributed by atoms with Crippen molar-refractivity contribution in [3.05, 3.63) is 133 Å². The number of nitrogens with zero attached hydrogens (tertiary/aromatic N) is 2. The average molecular weight is 483 g/mol. The highest BCUT2D eigenvalue weighted by atomic mass is 14.9. The molecule has 0 spiro atoms. The predicted molar refractivity (Wildman–Crippen MR) is 158 cm³/mol. The first-order chi connectivity index (χ1) is 18.9. The van der Waals surface area contributed by atoms with Crippen molar-refractivity contribution in [1.29, 1.82) is 0 Å². The van der Waals surface area contributed by atoms with Crippen LogP contribution in [-0.2, 0) is 6.42 Å². The molecule has 9 rings (SSSR count). The van der Waals surface area contributed by atoms with Crippen molar-refractivity contribution in [3.63, 3.8) is 0 Å². The van der Waals surface area contributed by atoms with Gasteiger partial charge in [-0.1, -0.05) is 97.1 Å². The Hall–Kier alpha value is -4.95. The van der Waals surface area contributed by atoms with Crippen molar-refractivity contribution in [2.45, 2.75) is 6.42 Å². The molecule has 1 aliphatic rings. The van der Waals surface area contributed by atoms with Gasteiger partial charge < -0.3 is 4.40 Å². The highest BCUT2D eigenvalue weighted by Gasteiger charge is 2.25. The van der Waals surface area contributed by atoms with E-state index in [9.17, 15) is 0 Å². The van der Waals surface area contributed by atoms with Gasteiger partial charge in [0.15, 0.2) is 0 Å². The van der Waals surface area contributed by atoms with E-state index in [1.807, 2.05) is 6.20 Å². The smallest absolute Gasteiger partial charge is 0.0743 e. The van der Waals surface area contributed by atoms with Gasteiger partial charge >= 0.3 is 0 Å². The van der Waals surface area contributed by atoms with Gasteiger partial charge in [-0.25, -0.2) is 0 Å². The first-order valence-electron chi connectivity index (χ1n) is 13.2. The van der Waals surface area contributed by atoms with E-state index in [-0.39, 0.29) is 0 Å². The lowest BCUT2D eigenvalue weighted by Gasteiger charge is -2.10. The van der Waals surface area contributed by atoms with Gasteiger partial charge in [0.25, 0.3) is 0 Å². The van der Waals surface area contributed by atoms with Gasteiger partial charge in [0.2, 0.25) is 0 Å². The summed E-state index contributed by atoms with van der Waals surface area (Å²) in [7, 11) is 0. The van der Waals surface area contributed by atoms with Crippen molar-refractivity contribution in [2.24, 2.45) is 0 Å². The van der Waals surface area contributed by atoms with Crippen molar-refractivity contribution in [1.82, 2.24) is 9.38 Å². The molecule has 0 aliphatic heterocycles. The fourth-order valence-corrected chi connectivity index (χ4v) is 6.84. The third-order valence-electron chi connectivity index (χ3n) is 8.46. The van der Waals surface area contributed by atoms with Gasteiger partial charge in [-0.15, -0.1) is 0 Å². The summed E-state index contributed by atoms with van der Waals surface area (Å²) in [5.74, 6) is 0. The molecule has 0 N–H and O–H groups in total. The van der Waals surface area contributed by atoms with Crippen molar-refractivity contribution in [3.8, 4) is 33.5 Å². The lowest BCUT2D eigenvalue weighted by molar-refractivity contribution is 1.21. The molecule has 0 bridgehead atoms. The third-order valence-corrected chi connectivity index (χ3v) is 8.46. The molecule has 0 fully saturated rings. The van der Waals surface area contributed by atoms with E-state index in [1.165, 1.54) is 77.0 Å². The zero-order chi connectivity index (χ0) is 24.8. The molecule has 2 heteroatoms. The minimum atomic E-state index is 0.896. The minimum absolute atomic E-state index is 0.896. The molecule has 0 amide bonds. The molecule has 0 radical (unpaired) electrons. The molecule has 176 valence electrons. The Bertz CT molecular complexity index is 2200. The number of fused-ring (bicyclic) bond motifs is 9. The molecule has 38 heavy (non-hydrogen) atoms. The summed E-state index contributed by atoms with van der Waals surface area (Å²) in [4.78, 5) is 4.82. The zero-order valence-electron chi connectivity index (χ0n) is 20.6. The number of pyridine rings is 1. The molecule has 2 nitrogen and oxygen atoms in total. The van der Waals surface area contributed by atoms with Crippen molar-refractivity contribution in [2.75, 3.05) is 0 Å². The highest BCUT2D eigenvalue weighted by molar-refractivity contribution is 6.23. The van der Waals surface area contributed by atoms with Crippen LogP contribution >= 0.6 is 0 Å². The quantitative estimate of drug-likeness (QED) is 0.240. The molecular weight excluding hydrogens is 460 g/mol. The molecule has 3 aromatic heterocycles. The van der Waals surface area contributed by atoms with Gasteiger partial charge in [-0.2, -0.15) is 0 Å². The molecule has 0 unspecified atom stereocenters. The molecule has 3 heterocycles. The summed E-state index contributed by atoms with van der Waals surface area (Å²) in [6, 6.07) is 42.0.